The second kappa shape index (κ2) is 7.42. The monoisotopic (exact) mass is 378 g/mol. The molecule has 0 spiro atoms. The molecule has 28 heavy (non-hydrogen) atoms. The fourth-order valence-corrected chi connectivity index (χ4v) is 4.48. The average Bonchev–Trinajstić information content (AvgIpc) is 3.09. The summed E-state index contributed by atoms with van der Waals surface area (Å²) in [6, 6.07) is 11.2. The van der Waals surface area contributed by atoms with Crippen molar-refractivity contribution in [1.82, 2.24) is 9.88 Å². The number of hydrogen-bond acceptors (Lipinski definition) is 4. The molecule has 2 fully saturated rings. The summed E-state index contributed by atoms with van der Waals surface area (Å²) < 4.78 is 0. The SMILES string of the molecule is NC(=O)c1cncc(NC(=O)C(=O)N2C[C@H]3CC[C@H](C3)[C@H]2c2ccccc2)c1. The van der Waals surface area contributed by atoms with Gasteiger partial charge in [-0.2, -0.15) is 0 Å². The van der Waals surface area contributed by atoms with Gasteiger partial charge in [0.25, 0.3) is 0 Å². The van der Waals surface area contributed by atoms with Gasteiger partial charge in [-0.3, -0.25) is 19.4 Å². The lowest BCUT2D eigenvalue weighted by Gasteiger charge is -2.40. The number of primary amides is 1. The lowest BCUT2D eigenvalue weighted by Crippen LogP contribution is -2.47. The van der Waals surface area contributed by atoms with E-state index in [1.807, 2.05) is 30.3 Å². The van der Waals surface area contributed by atoms with Crippen molar-refractivity contribution < 1.29 is 14.4 Å². The van der Waals surface area contributed by atoms with Gasteiger partial charge in [-0.25, -0.2) is 0 Å². The summed E-state index contributed by atoms with van der Waals surface area (Å²) in [5.41, 5.74) is 6.74. The third-order valence-electron chi connectivity index (χ3n) is 5.70. The minimum absolute atomic E-state index is 0.0896. The molecule has 2 aromatic rings. The van der Waals surface area contributed by atoms with E-state index >= 15 is 0 Å². The maximum absolute atomic E-state index is 13.0. The quantitative estimate of drug-likeness (QED) is 0.798. The number of nitrogens with one attached hydrogen (secondary N) is 1. The number of likely N-dealkylation sites (tertiary alicyclic amines) is 1. The largest absolute Gasteiger partial charge is 0.366 e. The average molecular weight is 378 g/mol. The fraction of sp³-hybridized carbons (Fsp3) is 0.333. The van der Waals surface area contributed by atoms with Crippen LogP contribution in [0.25, 0.3) is 0 Å². The Labute approximate surface area is 162 Å². The first-order valence-electron chi connectivity index (χ1n) is 9.44. The van der Waals surface area contributed by atoms with E-state index in [1.165, 1.54) is 18.5 Å². The Balaban J connectivity index is 1.56. The maximum Gasteiger partial charge on any atom is 0.313 e. The maximum atomic E-state index is 13.0. The highest BCUT2D eigenvalue weighted by atomic mass is 16.2. The van der Waals surface area contributed by atoms with Gasteiger partial charge in [-0.1, -0.05) is 30.3 Å². The molecule has 2 heterocycles. The molecular weight excluding hydrogens is 356 g/mol. The molecule has 7 heteroatoms. The first kappa shape index (κ1) is 18.2. The lowest BCUT2D eigenvalue weighted by molar-refractivity contribution is -0.147. The number of rotatable bonds is 3. The van der Waals surface area contributed by atoms with Gasteiger partial charge in [-0.15, -0.1) is 0 Å². The van der Waals surface area contributed by atoms with Gasteiger partial charge in [0.05, 0.1) is 23.5 Å². The summed E-state index contributed by atoms with van der Waals surface area (Å²) in [6.45, 7) is 0.585. The molecule has 1 aromatic heterocycles. The number of carbonyl (C=O) groups is 3. The fourth-order valence-electron chi connectivity index (χ4n) is 4.48. The minimum Gasteiger partial charge on any atom is -0.366 e. The number of hydrogen-bond donors (Lipinski definition) is 2. The zero-order valence-corrected chi connectivity index (χ0v) is 15.4. The summed E-state index contributed by atoms with van der Waals surface area (Å²) in [4.78, 5) is 42.6. The van der Waals surface area contributed by atoms with Crippen LogP contribution in [0.5, 0.6) is 0 Å². The van der Waals surface area contributed by atoms with Crippen molar-refractivity contribution in [2.75, 3.05) is 11.9 Å². The summed E-state index contributed by atoms with van der Waals surface area (Å²) in [6.07, 6.45) is 5.94. The molecule has 3 atom stereocenters. The van der Waals surface area contributed by atoms with Crippen LogP contribution in [-0.2, 0) is 9.59 Å². The smallest absolute Gasteiger partial charge is 0.313 e. The van der Waals surface area contributed by atoms with Crippen LogP contribution < -0.4 is 11.1 Å². The van der Waals surface area contributed by atoms with E-state index in [1.54, 1.807) is 4.90 Å². The number of benzene rings is 1. The van der Waals surface area contributed by atoms with Gasteiger partial charge in [-0.05, 0) is 42.7 Å². The Bertz CT molecular complexity index is 915. The highest BCUT2D eigenvalue weighted by Gasteiger charge is 2.44. The van der Waals surface area contributed by atoms with Crippen LogP contribution >= 0.6 is 0 Å². The normalized spacial score (nSPS) is 23.3. The summed E-state index contributed by atoms with van der Waals surface area (Å²) in [7, 11) is 0. The molecule has 2 bridgehead atoms. The van der Waals surface area contributed by atoms with Crippen molar-refractivity contribution in [3.8, 4) is 0 Å². The molecule has 144 valence electrons. The summed E-state index contributed by atoms with van der Waals surface area (Å²) >= 11 is 0. The topological polar surface area (TPSA) is 105 Å². The Morgan fingerprint density at radius 1 is 1.11 bits per heavy atom. The van der Waals surface area contributed by atoms with Crippen LogP contribution in [0.3, 0.4) is 0 Å². The second-order valence-corrected chi connectivity index (χ2v) is 7.53. The van der Waals surface area contributed by atoms with E-state index in [0.717, 1.165) is 24.8 Å². The highest BCUT2D eigenvalue weighted by Crippen LogP contribution is 2.47. The second-order valence-electron chi connectivity index (χ2n) is 7.53. The molecule has 1 aliphatic carbocycles. The van der Waals surface area contributed by atoms with E-state index in [0.29, 0.717) is 18.4 Å². The van der Waals surface area contributed by atoms with Gasteiger partial charge in [0.1, 0.15) is 0 Å². The highest BCUT2D eigenvalue weighted by molar-refractivity contribution is 6.39. The van der Waals surface area contributed by atoms with Crippen molar-refractivity contribution >= 4 is 23.4 Å². The molecule has 1 saturated heterocycles. The number of pyridine rings is 1. The van der Waals surface area contributed by atoms with Crippen LogP contribution in [0.15, 0.2) is 48.8 Å². The number of aromatic nitrogens is 1. The molecule has 1 aromatic carbocycles. The number of nitrogens with zero attached hydrogens (tertiary/aromatic N) is 2. The van der Waals surface area contributed by atoms with E-state index in [2.05, 4.69) is 10.3 Å². The molecule has 3 amide bonds. The van der Waals surface area contributed by atoms with Crippen molar-refractivity contribution in [2.24, 2.45) is 17.6 Å². The van der Waals surface area contributed by atoms with Gasteiger partial charge in [0.15, 0.2) is 0 Å². The number of anilines is 1. The molecule has 0 unspecified atom stereocenters. The third-order valence-corrected chi connectivity index (χ3v) is 5.70. The first-order valence-corrected chi connectivity index (χ1v) is 9.44. The van der Waals surface area contributed by atoms with Crippen LogP contribution in [0.2, 0.25) is 0 Å². The van der Waals surface area contributed by atoms with Crippen LogP contribution in [0, 0.1) is 11.8 Å². The van der Waals surface area contributed by atoms with Crippen LogP contribution in [-0.4, -0.2) is 34.2 Å². The van der Waals surface area contributed by atoms with Gasteiger partial charge in [0.2, 0.25) is 5.91 Å². The summed E-state index contributed by atoms with van der Waals surface area (Å²) in [5, 5.41) is 2.56. The van der Waals surface area contributed by atoms with Crippen LogP contribution in [0.1, 0.15) is 41.2 Å². The van der Waals surface area contributed by atoms with Crippen LogP contribution in [0.4, 0.5) is 5.69 Å². The zero-order chi connectivity index (χ0) is 19.7. The van der Waals surface area contributed by atoms with E-state index in [9.17, 15) is 14.4 Å². The zero-order valence-electron chi connectivity index (χ0n) is 15.4. The lowest BCUT2D eigenvalue weighted by atomic mass is 9.86. The first-order chi connectivity index (χ1) is 13.5. The van der Waals surface area contributed by atoms with Crippen molar-refractivity contribution in [3.63, 3.8) is 0 Å². The molecule has 3 N–H and O–H groups in total. The van der Waals surface area contributed by atoms with E-state index in [4.69, 9.17) is 5.73 Å². The number of amides is 3. The Hall–Kier alpha value is -3.22. The number of nitrogens with two attached hydrogens (primary N) is 1. The number of piperidine rings is 1. The molecule has 4 rings (SSSR count). The predicted octanol–water partition coefficient (Wildman–Crippen LogP) is 2.12. The molecule has 0 radical (unpaired) electrons. The molecule has 1 saturated carbocycles. The third kappa shape index (κ3) is 3.47. The molecule has 1 aliphatic heterocycles. The standard InChI is InChI=1S/C21H22N4O3/c22-19(26)16-9-17(11-23-10-16)24-20(27)21(28)25-12-13-6-7-15(8-13)18(25)14-4-2-1-3-5-14/h1-5,9-11,13,15,18H,6-8,12H2,(H2,22,26)(H,24,27)/t13-,15+,18+/m0/s1. The Morgan fingerprint density at radius 3 is 2.64 bits per heavy atom. The Kier molecular flexibility index (Phi) is 4.81. The van der Waals surface area contributed by atoms with Gasteiger partial charge >= 0.3 is 11.8 Å². The van der Waals surface area contributed by atoms with E-state index in [-0.39, 0.29) is 17.3 Å². The predicted molar refractivity (Wildman–Crippen MR) is 103 cm³/mol. The van der Waals surface area contributed by atoms with Crippen molar-refractivity contribution in [3.05, 3.63) is 59.9 Å². The molecule has 7 nitrogen and oxygen atoms in total. The molecule has 2 aliphatic rings. The van der Waals surface area contributed by atoms with Crippen molar-refractivity contribution in [2.45, 2.75) is 25.3 Å². The number of fused-ring (bicyclic) bond motifs is 2. The minimum atomic E-state index is -0.731. The van der Waals surface area contributed by atoms with Gasteiger partial charge in [0, 0.05) is 12.7 Å². The van der Waals surface area contributed by atoms with Gasteiger partial charge < -0.3 is 16.0 Å². The number of carbonyl (C=O) groups excluding carboxylic acids is 3. The molecular formula is C21H22N4O3. The van der Waals surface area contributed by atoms with Crippen molar-refractivity contribution in [1.29, 1.82) is 0 Å². The van der Waals surface area contributed by atoms with E-state index < -0.39 is 17.7 Å². The summed E-state index contributed by atoms with van der Waals surface area (Å²) in [5.74, 6) is -1.12. The Morgan fingerprint density at radius 2 is 1.89 bits per heavy atom.